The van der Waals surface area contributed by atoms with Crippen molar-refractivity contribution in [3.8, 4) is 5.75 Å². The van der Waals surface area contributed by atoms with E-state index in [0.29, 0.717) is 29.9 Å². The van der Waals surface area contributed by atoms with Crippen molar-refractivity contribution in [1.82, 2.24) is 14.9 Å². The van der Waals surface area contributed by atoms with Crippen molar-refractivity contribution in [1.29, 1.82) is 0 Å². The first-order valence-electron chi connectivity index (χ1n) is 5.82. The molecule has 0 unspecified atom stereocenters. The first-order chi connectivity index (χ1) is 9.29. The normalized spacial score (nSPS) is 10.2. The minimum Gasteiger partial charge on any atom is -0.482 e. The summed E-state index contributed by atoms with van der Waals surface area (Å²) in [5.41, 5.74) is 0.989. The number of alkyl halides is 1. The molecule has 5 nitrogen and oxygen atoms in total. The van der Waals surface area contributed by atoms with Crippen molar-refractivity contribution >= 4 is 21.8 Å². The van der Waals surface area contributed by atoms with Crippen molar-refractivity contribution < 1.29 is 9.53 Å². The summed E-state index contributed by atoms with van der Waals surface area (Å²) in [4.78, 5) is 15.9. The molecule has 0 spiro atoms. The summed E-state index contributed by atoms with van der Waals surface area (Å²) in [5, 5.41) is 2.85. The number of rotatable bonds is 6. The molecule has 0 aliphatic carbocycles. The number of aromatic nitrogens is 2. The fraction of sp³-hybridized carbons (Fsp3) is 0.231. The van der Waals surface area contributed by atoms with Gasteiger partial charge in [0.15, 0.2) is 0 Å². The molecule has 0 aliphatic heterocycles. The molecule has 0 fully saturated rings. The Kier molecular flexibility index (Phi) is 4.97. The Bertz CT molecular complexity index is 528. The number of imidazole rings is 1. The zero-order valence-electron chi connectivity index (χ0n) is 10.3. The highest BCUT2D eigenvalue weighted by Gasteiger charge is 2.05. The highest BCUT2D eigenvalue weighted by Crippen LogP contribution is 2.13. The molecule has 2 rings (SSSR count). The number of nitrogens with zero attached hydrogens (tertiary/aromatic N) is 2. The van der Waals surface area contributed by atoms with Gasteiger partial charge in [-0.15, -0.1) is 0 Å². The number of benzene rings is 1. The van der Waals surface area contributed by atoms with Gasteiger partial charge in [0.05, 0.1) is 6.33 Å². The molecule has 1 aromatic carbocycles. The van der Waals surface area contributed by atoms with Gasteiger partial charge in [0.2, 0.25) is 0 Å². The van der Waals surface area contributed by atoms with Crippen molar-refractivity contribution in [2.24, 2.45) is 0 Å². The van der Waals surface area contributed by atoms with Crippen LogP contribution in [0, 0.1) is 0 Å². The maximum atomic E-state index is 11.9. The molecule has 0 saturated heterocycles. The second-order valence-corrected chi connectivity index (χ2v) is 4.30. The minimum atomic E-state index is -0.111. The van der Waals surface area contributed by atoms with Crippen molar-refractivity contribution in [2.45, 2.75) is 6.54 Å². The van der Waals surface area contributed by atoms with Crippen LogP contribution in [-0.2, 0) is 6.54 Å². The van der Waals surface area contributed by atoms with Crippen LogP contribution < -0.4 is 10.1 Å². The number of halogens is 1. The number of amides is 1. The van der Waals surface area contributed by atoms with Gasteiger partial charge in [-0.3, -0.25) is 4.79 Å². The van der Waals surface area contributed by atoms with E-state index in [-0.39, 0.29) is 5.91 Å². The van der Waals surface area contributed by atoms with Gasteiger partial charge in [-0.05, 0) is 34.1 Å². The van der Waals surface area contributed by atoms with Gasteiger partial charge in [-0.2, -0.15) is 0 Å². The van der Waals surface area contributed by atoms with E-state index in [4.69, 9.17) is 4.74 Å². The third kappa shape index (κ3) is 4.10. The highest BCUT2D eigenvalue weighted by molar-refractivity contribution is 9.09. The van der Waals surface area contributed by atoms with Crippen LogP contribution in [0.25, 0.3) is 0 Å². The second-order valence-electron chi connectivity index (χ2n) is 3.84. The Morgan fingerprint density at radius 1 is 1.47 bits per heavy atom. The average molecular weight is 324 g/mol. The summed E-state index contributed by atoms with van der Waals surface area (Å²) in [5.74, 6) is 0.555. The maximum absolute atomic E-state index is 11.9. The van der Waals surface area contributed by atoms with Crippen LogP contribution in [0.2, 0.25) is 0 Å². The molecule has 0 bridgehead atoms. The Labute approximate surface area is 119 Å². The van der Waals surface area contributed by atoms with Crippen molar-refractivity contribution in [3.05, 3.63) is 48.5 Å². The monoisotopic (exact) mass is 323 g/mol. The zero-order chi connectivity index (χ0) is 13.5. The van der Waals surface area contributed by atoms with Crippen molar-refractivity contribution in [2.75, 3.05) is 12.1 Å². The fourth-order valence-electron chi connectivity index (χ4n) is 1.61. The second kappa shape index (κ2) is 6.94. The summed E-state index contributed by atoms with van der Waals surface area (Å²) in [6.07, 6.45) is 5.29. The van der Waals surface area contributed by atoms with Gasteiger partial charge in [-0.1, -0.05) is 6.07 Å². The number of carbonyl (C=O) groups excluding carboxylic acids is 1. The van der Waals surface area contributed by atoms with Crippen molar-refractivity contribution in [3.63, 3.8) is 0 Å². The lowest BCUT2D eigenvalue weighted by Crippen LogP contribution is -2.26. The van der Waals surface area contributed by atoms with E-state index in [1.54, 1.807) is 30.7 Å². The first kappa shape index (κ1) is 13.6. The number of hydrogen-bond donors (Lipinski definition) is 1. The molecule has 19 heavy (non-hydrogen) atoms. The highest BCUT2D eigenvalue weighted by atomic mass is 79.9. The van der Waals surface area contributed by atoms with E-state index in [1.165, 1.54) is 0 Å². The van der Waals surface area contributed by atoms with Crippen LogP contribution in [0.4, 0.5) is 0 Å². The van der Waals surface area contributed by atoms with Crippen LogP contribution in [0.1, 0.15) is 10.4 Å². The van der Waals surface area contributed by atoms with E-state index in [1.807, 2.05) is 16.8 Å². The number of carbonyl (C=O) groups is 1. The number of hydrogen-bond acceptors (Lipinski definition) is 3. The van der Waals surface area contributed by atoms with E-state index >= 15 is 0 Å². The van der Waals surface area contributed by atoms with Gasteiger partial charge < -0.3 is 14.6 Å². The minimum absolute atomic E-state index is 0.111. The lowest BCUT2D eigenvalue weighted by Gasteiger charge is -2.07. The molecular formula is C13H14BrN3O2. The van der Waals surface area contributed by atoms with Gasteiger partial charge in [0.1, 0.15) is 11.3 Å². The molecule has 1 N–H and O–H groups in total. The fourth-order valence-corrected chi connectivity index (χ4v) is 1.87. The molecule has 0 atom stereocenters. The maximum Gasteiger partial charge on any atom is 0.251 e. The van der Waals surface area contributed by atoms with E-state index in [0.717, 1.165) is 0 Å². The predicted octanol–water partition coefficient (Wildman–Crippen LogP) is 2.04. The smallest absolute Gasteiger partial charge is 0.251 e. The molecule has 6 heteroatoms. The van der Waals surface area contributed by atoms with Gasteiger partial charge in [0, 0.05) is 31.0 Å². The van der Waals surface area contributed by atoms with Gasteiger partial charge >= 0.3 is 0 Å². The SMILES string of the molecule is O=C(NCCn1ccnc1)c1cccc(OCBr)c1. The average Bonchev–Trinajstić information content (AvgIpc) is 2.92. The van der Waals surface area contributed by atoms with Gasteiger partial charge in [0.25, 0.3) is 5.91 Å². The molecule has 1 heterocycles. The van der Waals surface area contributed by atoms with E-state index < -0.39 is 0 Å². The molecule has 2 aromatic rings. The molecule has 100 valence electrons. The molecule has 1 amide bonds. The Morgan fingerprint density at radius 3 is 3.11 bits per heavy atom. The third-order valence-corrected chi connectivity index (χ3v) is 2.76. The predicted molar refractivity (Wildman–Crippen MR) is 75.4 cm³/mol. The third-order valence-electron chi connectivity index (χ3n) is 2.53. The lowest BCUT2D eigenvalue weighted by atomic mass is 10.2. The summed E-state index contributed by atoms with van der Waals surface area (Å²) < 4.78 is 7.19. The van der Waals surface area contributed by atoms with Crippen LogP contribution >= 0.6 is 15.9 Å². The number of nitrogens with one attached hydrogen (secondary N) is 1. The summed E-state index contributed by atoms with van der Waals surface area (Å²) in [6, 6.07) is 7.08. The summed E-state index contributed by atoms with van der Waals surface area (Å²) in [7, 11) is 0. The van der Waals surface area contributed by atoms with Crippen LogP contribution in [0.5, 0.6) is 5.75 Å². The van der Waals surface area contributed by atoms with Gasteiger partial charge in [-0.25, -0.2) is 4.98 Å². The summed E-state index contributed by atoms with van der Waals surface area (Å²) >= 11 is 3.18. The quantitative estimate of drug-likeness (QED) is 0.828. The zero-order valence-corrected chi connectivity index (χ0v) is 11.8. The van der Waals surface area contributed by atoms with Crippen LogP contribution in [0.3, 0.4) is 0 Å². The molecule has 0 radical (unpaired) electrons. The lowest BCUT2D eigenvalue weighted by molar-refractivity contribution is 0.0952. The molecular weight excluding hydrogens is 310 g/mol. The van der Waals surface area contributed by atoms with E-state index in [2.05, 4.69) is 26.2 Å². The Balaban J connectivity index is 1.87. The van der Waals surface area contributed by atoms with Crippen LogP contribution in [-0.4, -0.2) is 27.5 Å². The number of ether oxygens (including phenoxy) is 1. The standard InChI is InChI=1S/C13H14BrN3O2/c14-9-19-12-3-1-2-11(8-12)13(18)16-5-7-17-6-4-15-10-17/h1-4,6,8,10H,5,7,9H2,(H,16,18). The molecule has 0 saturated carbocycles. The van der Waals surface area contributed by atoms with Crippen LogP contribution in [0.15, 0.2) is 43.0 Å². The topological polar surface area (TPSA) is 56.2 Å². The Hall–Kier alpha value is -1.82. The largest absolute Gasteiger partial charge is 0.482 e. The molecule has 0 aliphatic rings. The Morgan fingerprint density at radius 2 is 2.37 bits per heavy atom. The molecule has 1 aromatic heterocycles. The van der Waals surface area contributed by atoms with E-state index in [9.17, 15) is 4.79 Å². The summed E-state index contributed by atoms with van der Waals surface area (Å²) in [6.45, 7) is 1.25. The first-order valence-corrected chi connectivity index (χ1v) is 6.94.